The fourth-order valence-electron chi connectivity index (χ4n) is 1.62. The Morgan fingerprint density at radius 3 is 2.56 bits per heavy atom. The van der Waals surface area contributed by atoms with E-state index in [9.17, 15) is 9.59 Å². The lowest BCUT2D eigenvalue weighted by Crippen LogP contribution is -2.26. The molecule has 18 heavy (non-hydrogen) atoms. The Hall–Kier alpha value is -1.84. The molecule has 0 saturated heterocycles. The number of aryl methyl sites for hydroxylation is 1. The molecule has 0 radical (unpaired) electrons. The standard InChI is InChI=1S/C14H19NO3/c1-9(2)11-5-4-10(3)12(8-11)14(18)15-7-6-13(16)17/h4-5,8-9H,6-7H2,1-3H3,(H,15,18)(H,16,17). The first kappa shape index (κ1) is 14.2. The molecule has 4 nitrogen and oxygen atoms in total. The van der Waals surface area contributed by atoms with Gasteiger partial charge in [0.15, 0.2) is 0 Å². The van der Waals surface area contributed by atoms with Crippen LogP contribution in [0.5, 0.6) is 0 Å². The molecule has 4 heteroatoms. The summed E-state index contributed by atoms with van der Waals surface area (Å²) in [6, 6.07) is 5.80. The van der Waals surface area contributed by atoms with Gasteiger partial charge in [0.05, 0.1) is 6.42 Å². The predicted molar refractivity (Wildman–Crippen MR) is 69.9 cm³/mol. The summed E-state index contributed by atoms with van der Waals surface area (Å²) in [6.45, 7) is 6.16. The molecule has 0 unspecified atom stereocenters. The minimum atomic E-state index is -0.914. The molecule has 0 aliphatic heterocycles. The summed E-state index contributed by atoms with van der Waals surface area (Å²) in [6.07, 6.45) is -0.0609. The fraction of sp³-hybridized carbons (Fsp3) is 0.429. The molecule has 0 bridgehead atoms. The molecule has 0 aliphatic carbocycles. The van der Waals surface area contributed by atoms with Crippen molar-refractivity contribution in [3.8, 4) is 0 Å². The maximum atomic E-state index is 11.9. The van der Waals surface area contributed by atoms with Gasteiger partial charge in [0.1, 0.15) is 0 Å². The van der Waals surface area contributed by atoms with Gasteiger partial charge >= 0.3 is 5.97 Å². The first-order chi connectivity index (χ1) is 8.41. The van der Waals surface area contributed by atoms with Crippen LogP contribution in [0.1, 0.15) is 47.7 Å². The van der Waals surface area contributed by atoms with Crippen LogP contribution in [0.2, 0.25) is 0 Å². The molecular formula is C14H19NO3. The van der Waals surface area contributed by atoms with Crippen molar-refractivity contribution in [3.63, 3.8) is 0 Å². The lowest BCUT2D eigenvalue weighted by Gasteiger charge is -2.11. The Balaban J connectivity index is 2.78. The highest BCUT2D eigenvalue weighted by atomic mass is 16.4. The molecule has 0 aromatic heterocycles. The molecule has 0 atom stereocenters. The van der Waals surface area contributed by atoms with Crippen LogP contribution >= 0.6 is 0 Å². The molecule has 0 aliphatic rings. The number of aliphatic carboxylic acids is 1. The highest BCUT2D eigenvalue weighted by molar-refractivity contribution is 5.96. The molecule has 1 aromatic carbocycles. The van der Waals surface area contributed by atoms with Gasteiger partial charge in [-0.1, -0.05) is 26.0 Å². The second-order valence-electron chi connectivity index (χ2n) is 4.63. The van der Waals surface area contributed by atoms with E-state index in [0.29, 0.717) is 11.5 Å². The third kappa shape index (κ3) is 3.87. The van der Waals surface area contributed by atoms with Gasteiger partial charge in [-0.25, -0.2) is 0 Å². The number of benzene rings is 1. The number of hydrogen-bond donors (Lipinski definition) is 2. The van der Waals surface area contributed by atoms with E-state index in [4.69, 9.17) is 5.11 Å². The Bertz CT molecular complexity index is 452. The summed E-state index contributed by atoms with van der Waals surface area (Å²) in [7, 11) is 0. The number of rotatable bonds is 5. The molecule has 98 valence electrons. The Morgan fingerprint density at radius 2 is 2.00 bits per heavy atom. The van der Waals surface area contributed by atoms with Crippen molar-refractivity contribution >= 4 is 11.9 Å². The van der Waals surface area contributed by atoms with Crippen LogP contribution in [0.25, 0.3) is 0 Å². The number of carboxylic acids is 1. The van der Waals surface area contributed by atoms with E-state index in [1.807, 2.05) is 25.1 Å². The zero-order valence-corrected chi connectivity index (χ0v) is 11.0. The zero-order valence-electron chi connectivity index (χ0n) is 11.0. The van der Waals surface area contributed by atoms with Crippen LogP contribution in [-0.4, -0.2) is 23.5 Å². The molecule has 1 rings (SSSR count). The van der Waals surface area contributed by atoms with E-state index < -0.39 is 5.97 Å². The van der Waals surface area contributed by atoms with E-state index in [-0.39, 0.29) is 18.9 Å². The van der Waals surface area contributed by atoms with E-state index in [0.717, 1.165) is 11.1 Å². The summed E-state index contributed by atoms with van der Waals surface area (Å²) >= 11 is 0. The average Bonchev–Trinajstić information content (AvgIpc) is 2.28. The lowest BCUT2D eigenvalue weighted by atomic mass is 9.97. The minimum Gasteiger partial charge on any atom is -0.481 e. The van der Waals surface area contributed by atoms with E-state index in [1.54, 1.807) is 0 Å². The number of carbonyl (C=O) groups excluding carboxylic acids is 1. The normalized spacial score (nSPS) is 10.4. The quantitative estimate of drug-likeness (QED) is 0.841. The largest absolute Gasteiger partial charge is 0.481 e. The molecule has 0 saturated carbocycles. The van der Waals surface area contributed by atoms with Crippen molar-refractivity contribution in [2.45, 2.75) is 33.1 Å². The van der Waals surface area contributed by atoms with Gasteiger partial charge in [-0.2, -0.15) is 0 Å². The summed E-state index contributed by atoms with van der Waals surface area (Å²) in [5.74, 6) is -0.768. The van der Waals surface area contributed by atoms with Gasteiger partial charge in [0.2, 0.25) is 0 Å². The van der Waals surface area contributed by atoms with Gasteiger partial charge in [-0.3, -0.25) is 9.59 Å². The first-order valence-corrected chi connectivity index (χ1v) is 6.02. The topological polar surface area (TPSA) is 66.4 Å². The molecule has 1 aromatic rings. The average molecular weight is 249 g/mol. The predicted octanol–water partition coefficient (Wildman–Crippen LogP) is 2.32. The Morgan fingerprint density at radius 1 is 1.33 bits per heavy atom. The third-order valence-corrected chi connectivity index (χ3v) is 2.80. The van der Waals surface area contributed by atoms with Crippen LogP contribution in [0.3, 0.4) is 0 Å². The highest BCUT2D eigenvalue weighted by Gasteiger charge is 2.11. The van der Waals surface area contributed by atoms with Crippen LogP contribution in [0.4, 0.5) is 0 Å². The van der Waals surface area contributed by atoms with Crippen LogP contribution in [0.15, 0.2) is 18.2 Å². The maximum Gasteiger partial charge on any atom is 0.305 e. The first-order valence-electron chi connectivity index (χ1n) is 6.02. The van der Waals surface area contributed by atoms with Gasteiger partial charge in [0.25, 0.3) is 5.91 Å². The third-order valence-electron chi connectivity index (χ3n) is 2.80. The van der Waals surface area contributed by atoms with Crippen molar-refractivity contribution in [2.24, 2.45) is 0 Å². The van der Waals surface area contributed by atoms with Crippen molar-refractivity contribution in [2.75, 3.05) is 6.54 Å². The summed E-state index contributed by atoms with van der Waals surface area (Å²) in [5, 5.41) is 11.1. The van der Waals surface area contributed by atoms with Gasteiger partial charge in [-0.15, -0.1) is 0 Å². The molecule has 0 fully saturated rings. The Kier molecular flexibility index (Phi) is 4.89. The van der Waals surface area contributed by atoms with Crippen LogP contribution in [0, 0.1) is 6.92 Å². The second kappa shape index (κ2) is 6.19. The van der Waals surface area contributed by atoms with Gasteiger partial charge in [0, 0.05) is 12.1 Å². The zero-order chi connectivity index (χ0) is 13.7. The van der Waals surface area contributed by atoms with Gasteiger partial charge in [-0.05, 0) is 30.0 Å². The van der Waals surface area contributed by atoms with E-state index in [2.05, 4.69) is 19.2 Å². The fourth-order valence-corrected chi connectivity index (χ4v) is 1.62. The van der Waals surface area contributed by atoms with Crippen molar-refractivity contribution in [1.82, 2.24) is 5.32 Å². The number of nitrogens with one attached hydrogen (secondary N) is 1. The maximum absolute atomic E-state index is 11.9. The smallest absolute Gasteiger partial charge is 0.305 e. The van der Waals surface area contributed by atoms with Crippen LogP contribution < -0.4 is 5.32 Å². The number of hydrogen-bond acceptors (Lipinski definition) is 2. The van der Waals surface area contributed by atoms with E-state index >= 15 is 0 Å². The van der Waals surface area contributed by atoms with Crippen molar-refractivity contribution in [3.05, 3.63) is 34.9 Å². The number of amides is 1. The summed E-state index contributed by atoms with van der Waals surface area (Å²) in [5.41, 5.74) is 2.61. The summed E-state index contributed by atoms with van der Waals surface area (Å²) < 4.78 is 0. The number of carbonyl (C=O) groups is 2. The second-order valence-corrected chi connectivity index (χ2v) is 4.63. The molecule has 0 spiro atoms. The molecule has 2 N–H and O–H groups in total. The Labute approximate surface area is 107 Å². The van der Waals surface area contributed by atoms with Gasteiger partial charge < -0.3 is 10.4 Å². The van der Waals surface area contributed by atoms with E-state index in [1.165, 1.54) is 0 Å². The monoisotopic (exact) mass is 249 g/mol. The molecule has 1 amide bonds. The summed E-state index contributed by atoms with van der Waals surface area (Å²) in [4.78, 5) is 22.3. The molecular weight excluding hydrogens is 230 g/mol. The van der Waals surface area contributed by atoms with Crippen molar-refractivity contribution < 1.29 is 14.7 Å². The number of carboxylic acid groups (broad SMARTS) is 1. The minimum absolute atomic E-state index is 0.0609. The lowest BCUT2D eigenvalue weighted by molar-refractivity contribution is -0.136. The SMILES string of the molecule is Cc1ccc(C(C)C)cc1C(=O)NCCC(=O)O. The molecule has 0 heterocycles. The highest BCUT2D eigenvalue weighted by Crippen LogP contribution is 2.18. The van der Waals surface area contributed by atoms with Crippen LogP contribution in [-0.2, 0) is 4.79 Å². The van der Waals surface area contributed by atoms with Crippen molar-refractivity contribution in [1.29, 1.82) is 0 Å².